The number of Topliss-reactive ketones (excluding diaryl/α,β-unsaturated/α-hetero) is 1. The molecule has 0 spiro atoms. The number of allylic oxidation sites excluding steroid dienone is 2. The summed E-state index contributed by atoms with van der Waals surface area (Å²) in [4.78, 5) is 31.3. The highest BCUT2D eigenvalue weighted by Crippen LogP contribution is 2.46. The number of carbonyl (C=O) groups is 2. The number of benzene rings is 2. The summed E-state index contributed by atoms with van der Waals surface area (Å²) in [5.74, 6) is -1.73. The van der Waals surface area contributed by atoms with Crippen LogP contribution in [0.3, 0.4) is 0 Å². The molecule has 0 aromatic heterocycles. The first-order valence-electron chi connectivity index (χ1n) is 11.1. The van der Waals surface area contributed by atoms with Gasteiger partial charge in [-0.2, -0.15) is 0 Å². The highest BCUT2D eigenvalue weighted by molar-refractivity contribution is 6.09. The minimum atomic E-state index is -0.699. The van der Waals surface area contributed by atoms with E-state index in [0.717, 1.165) is 16.8 Å². The second-order valence-electron chi connectivity index (χ2n) is 9.08. The van der Waals surface area contributed by atoms with E-state index in [2.05, 4.69) is 0 Å². The molecule has 4 nitrogen and oxygen atoms in total. The summed E-state index contributed by atoms with van der Waals surface area (Å²) in [5, 5.41) is 0. The van der Waals surface area contributed by atoms with Gasteiger partial charge in [-0.15, -0.1) is 0 Å². The molecule has 2 aliphatic rings. The monoisotopic (exact) mass is 433 g/mol. The Bertz CT molecular complexity index is 1070. The van der Waals surface area contributed by atoms with Gasteiger partial charge in [-0.3, -0.25) is 14.6 Å². The molecule has 1 unspecified atom stereocenters. The van der Waals surface area contributed by atoms with E-state index in [9.17, 15) is 14.0 Å². The molecule has 0 N–H and O–H groups in total. The molecule has 5 heteroatoms. The maximum absolute atomic E-state index is 13.7. The molecule has 166 valence electrons. The molecule has 0 fully saturated rings. The molecule has 0 radical (unpaired) electrons. The van der Waals surface area contributed by atoms with E-state index in [-0.39, 0.29) is 29.4 Å². The van der Waals surface area contributed by atoms with Gasteiger partial charge in [0.15, 0.2) is 5.78 Å². The van der Waals surface area contributed by atoms with E-state index < -0.39 is 11.8 Å². The standard InChI is InChI=1S/C27H28FNO3/c1-16(2)15-32-27(31)24-17(3)29-22-13-20(18-7-5-4-6-8-18)14-23(30)26(22)25(24)19-9-11-21(28)12-10-19/h4-12,16,20,24-25H,13-15H2,1-3H3/t20-,24?,25-/m0/s1. The fourth-order valence-electron chi connectivity index (χ4n) is 4.69. The van der Waals surface area contributed by atoms with Gasteiger partial charge in [0.1, 0.15) is 11.7 Å². The molecule has 0 amide bonds. The Labute approximate surface area is 188 Å². The molecule has 0 bridgehead atoms. The topological polar surface area (TPSA) is 55.7 Å². The summed E-state index contributed by atoms with van der Waals surface area (Å²) >= 11 is 0. The predicted octanol–water partition coefficient (Wildman–Crippen LogP) is 5.60. The Morgan fingerprint density at radius 2 is 1.75 bits per heavy atom. The minimum Gasteiger partial charge on any atom is -0.465 e. The molecule has 1 aliphatic carbocycles. The first-order valence-corrected chi connectivity index (χ1v) is 11.1. The van der Waals surface area contributed by atoms with Crippen LogP contribution in [0.1, 0.15) is 56.6 Å². The van der Waals surface area contributed by atoms with Gasteiger partial charge >= 0.3 is 5.97 Å². The molecule has 2 aromatic rings. The van der Waals surface area contributed by atoms with Crippen molar-refractivity contribution in [3.8, 4) is 0 Å². The quantitative estimate of drug-likeness (QED) is 0.577. The lowest BCUT2D eigenvalue weighted by Crippen LogP contribution is -2.38. The van der Waals surface area contributed by atoms with E-state index in [4.69, 9.17) is 9.73 Å². The Morgan fingerprint density at radius 1 is 1.06 bits per heavy atom. The van der Waals surface area contributed by atoms with Crippen LogP contribution in [-0.2, 0) is 14.3 Å². The van der Waals surface area contributed by atoms with Gasteiger partial charge in [0.2, 0.25) is 0 Å². The zero-order chi connectivity index (χ0) is 22.8. The maximum Gasteiger partial charge on any atom is 0.315 e. The lowest BCUT2D eigenvalue weighted by atomic mass is 9.69. The average molecular weight is 434 g/mol. The van der Waals surface area contributed by atoms with Crippen molar-refractivity contribution in [1.29, 1.82) is 0 Å². The summed E-state index contributed by atoms with van der Waals surface area (Å²) in [6.07, 6.45) is 0.997. The van der Waals surface area contributed by atoms with Gasteiger partial charge < -0.3 is 4.74 Å². The van der Waals surface area contributed by atoms with Crippen LogP contribution in [0.2, 0.25) is 0 Å². The molecular weight excluding hydrogens is 405 g/mol. The molecule has 2 aromatic carbocycles. The van der Waals surface area contributed by atoms with Crippen LogP contribution in [0.5, 0.6) is 0 Å². The van der Waals surface area contributed by atoms with Gasteiger partial charge in [0, 0.05) is 29.3 Å². The van der Waals surface area contributed by atoms with Crippen molar-refractivity contribution in [3.05, 3.63) is 82.8 Å². The number of nitrogens with zero attached hydrogens (tertiary/aromatic N) is 1. The lowest BCUT2D eigenvalue weighted by molar-refractivity contribution is -0.147. The zero-order valence-corrected chi connectivity index (χ0v) is 18.7. The van der Waals surface area contributed by atoms with E-state index in [1.807, 2.05) is 51.1 Å². The Kier molecular flexibility index (Phi) is 6.35. The number of ketones is 1. The number of ether oxygens (including phenoxy) is 1. The van der Waals surface area contributed by atoms with Crippen LogP contribution in [0.4, 0.5) is 4.39 Å². The zero-order valence-electron chi connectivity index (χ0n) is 18.7. The van der Waals surface area contributed by atoms with Crippen molar-refractivity contribution in [2.45, 2.75) is 45.4 Å². The number of rotatable bonds is 5. The number of aliphatic imine (C=N–C) groups is 1. The maximum atomic E-state index is 13.7. The largest absolute Gasteiger partial charge is 0.465 e. The van der Waals surface area contributed by atoms with Crippen molar-refractivity contribution < 1.29 is 18.7 Å². The number of carbonyl (C=O) groups excluding carboxylic acids is 2. The molecule has 0 saturated carbocycles. The van der Waals surface area contributed by atoms with Crippen molar-refractivity contribution >= 4 is 17.5 Å². The van der Waals surface area contributed by atoms with Crippen molar-refractivity contribution in [2.24, 2.45) is 16.8 Å². The fraction of sp³-hybridized carbons (Fsp3) is 0.370. The van der Waals surface area contributed by atoms with Crippen molar-refractivity contribution in [2.75, 3.05) is 6.61 Å². The van der Waals surface area contributed by atoms with E-state index in [1.165, 1.54) is 12.1 Å². The van der Waals surface area contributed by atoms with Crippen LogP contribution < -0.4 is 0 Å². The van der Waals surface area contributed by atoms with E-state index in [1.54, 1.807) is 12.1 Å². The molecule has 4 rings (SSSR count). The van der Waals surface area contributed by atoms with Crippen LogP contribution >= 0.6 is 0 Å². The van der Waals surface area contributed by atoms with Gasteiger partial charge in [-0.25, -0.2) is 4.39 Å². The van der Waals surface area contributed by atoms with Crippen LogP contribution in [0.15, 0.2) is 70.9 Å². The normalized spacial score (nSPS) is 23.1. The number of hydrogen-bond acceptors (Lipinski definition) is 4. The first-order chi connectivity index (χ1) is 15.3. The van der Waals surface area contributed by atoms with E-state index >= 15 is 0 Å². The summed E-state index contributed by atoms with van der Waals surface area (Å²) in [6, 6.07) is 16.0. The third kappa shape index (κ3) is 4.43. The predicted molar refractivity (Wildman–Crippen MR) is 122 cm³/mol. The molecule has 32 heavy (non-hydrogen) atoms. The number of halogens is 1. The fourth-order valence-corrected chi connectivity index (χ4v) is 4.69. The minimum absolute atomic E-state index is 0.00709. The third-order valence-electron chi connectivity index (χ3n) is 6.20. The van der Waals surface area contributed by atoms with Gasteiger partial charge in [0.05, 0.1) is 6.61 Å². The lowest BCUT2D eigenvalue weighted by Gasteiger charge is -2.36. The highest BCUT2D eigenvalue weighted by atomic mass is 19.1. The second-order valence-corrected chi connectivity index (χ2v) is 9.08. The number of hydrogen-bond donors (Lipinski definition) is 0. The third-order valence-corrected chi connectivity index (χ3v) is 6.20. The van der Waals surface area contributed by atoms with Crippen molar-refractivity contribution in [3.63, 3.8) is 0 Å². The SMILES string of the molecule is CC1=NC2=C(C(=O)C[C@@H](c3ccccc3)C2)[C@@H](c2ccc(F)cc2)C1C(=O)OCC(C)C. The second kappa shape index (κ2) is 9.19. The summed E-state index contributed by atoms with van der Waals surface area (Å²) in [6.45, 7) is 6.07. The molecule has 1 heterocycles. The highest BCUT2D eigenvalue weighted by Gasteiger charge is 2.44. The number of esters is 1. The summed E-state index contributed by atoms with van der Waals surface area (Å²) < 4.78 is 19.2. The van der Waals surface area contributed by atoms with Crippen molar-refractivity contribution in [1.82, 2.24) is 0 Å². The van der Waals surface area contributed by atoms with Gasteiger partial charge in [0.25, 0.3) is 0 Å². The molecule has 1 aliphatic heterocycles. The summed E-state index contributed by atoms with van der Waals surface area (Å²) in [7, 11) is 0. The average Bonchev–Trinajstić information content (AvgIpc) is 2.77. The Balaban J connectivity index is 1.76. The molecular formula is C27H28FNO3. The first kappa shape index (κ1) is 22.1. The van der Waals surface area contributed by atoms with E-state index in [0.29, 0.717) is 30.7 Å². The van der Waals surface area contributed by atoms with Crippen LogP contribution in [0, 0.1) is 17.7 Å². The van der Waals surface area contributed by atoms with Crippen LogP contribution in [-0.4, -0.2) is 24.1 Å². The summed E-state index contributed by atoms with van der Waals surface area (Å²) in [5.41, 5.74) is 3.77. The Hall–Kier alpha value is -3.08. The smallest absolute Gasteiger partial charge is 0.315 e. The molecule has 3 atom stereocenters. The van der Waals surface area contributed by atoms with Gasteiger partial charge in [-0.05, 0) is 48.4 Å². The van der Waals surface area contributed by atoms with Gasteiger partial charge in [-0.1, -0.05) is 56.3 Å². The Morgan fingerprint density at radius 3 is 2.41 bits per heavy atom. The van der Waals surface area contributed by atoms with Crippen LogP contribution in [0.25, 0.3) is 0 Å². The molecule has 0 saturated heterocycles.